The van der Waals surface area contributed by atoms with Gasteiger partial charge in [0.15, 0.2) is 34.7 Å². The highest BCUT2D eigenvalue weighted by Gasteiger charge is 2.36. The van der Waals surface area contributed by atoms with E-state index in [4.69, 9.17) is 54.8 Å². The number of hydrogen-bond donors (Lipinski definition) is 12. The number of methoxy groups -OCH3 is 1. The van der Waals surface area contributed by atoms with Crippen molar-refractivity contribution in [1.29, 1.82) is 0 Å². The number of carboxylic acid groups (broad SMARTS) is 6. The molecule has 9 atom stereocenters. The van der Waals surface area contributed by atoms with Crippen molar-refractivity contribution < 1.29 is 145 Å². The maximum absolute atomic E-state index is 13.0. The molecule has 0 fully saturated rings. The fourth-order valence-corrected chi connectivity index (χ4v) is 10.6. The summed E-state index contributed by atoms with van der Waals surface area (Å²) in [7, 11) is 1.53. The van der Waals surface area contributed by atoms with E-state index in [-0.39, 0.29) is 148 Å². The fraction of sp³-hybridized carbons (Fsp3) is 0.746. The zero-order valence-electron chi connectivity index (χ0n) is 66.0. The molecule has 0 saturated heterocycles. The van der Waals surface area contributed by atoms with E-state index < -0.39 is 211 Å². The molecule has 0 aliphatic heterocycles. The highest BCUT2D eigenvalue weighted by molar-refractivity contribution is 5.99. The number of carbonyl (C=O) groups excluding carboxylic acids is 12. The number of hydrogen-bond acceptors (Lipinski definition) is 26. The van der Waals surface area contributed by atoms with Crippen LogP contribution in [0.5, 0.6) is 0 Å². The van der Waals surface area contributed by atoms with Crippen LogP contribution in [0.2, 0.25) is 0 Å². The van der Waals surface area contributed by atoms with E-state index in [2.05, 4.69) is 52.0 Å². The number of aliphatic carboxylic acids is 6. The van der Waals surface area contributed by atoms with Crippen LogP contribution in [-0.4, -0.2) is 266 Å². The Morgan fingerprint density at radius 3 is 0.717 bits per heavy atom. The Morgan fingerprint density at radius 2 is 0.522 bits per heavy atom. The molecule has 12 N–H and O–H groups in total. The largest absolute Gasteiger partial charge is 0.481 e. The van der Waals surface area contributed by atoms with Gasteiger partial charge in [-0.1, -0.05) is 51.8 Å². The Morgan fingerprint density at radius 1 is 0.310 bits per heavy atom. The van der Waals surface area contributed by atoms with Crippen molar-refractivity contribution in [3.63, 3.8) is 0 Å². The van der Waals surface area contributed by atoms with Gasteiger partial charge in [0.1, 0.15) is 0 Å². The summed E-state index contributed by atoms with van der Waals surface area (Å²) in [5.41, 5.74) is 16.3. The molecule has 42 nitrogen and oxygen atoms in total. The topological polar surface area (TPSA) is 654 Å². The van der Waals surface area contributed by atoms with E-state index in [0.29, 0.717) is 19.6 Å². The molecule has 42 heteroatoms. The first kappa shape index (κ1) is 107. The van der Waals surface area contributed by atoms with Crippen LogP contribution in [0.4, 0.5) is 0 Å². The van der Waals surface area contributed by atoms with Crippen molar-refractivity contribution in [3.8, 4) is 0 Å². The summed E-state index contributed by atoms with van der Waals surface area (Å²) in [6, 6.07) is -7.88. The lowest BCUT2D eigenvalue weighted by molar-refractivity contribution is -0.142. The van der Waals surface area contributed by atoms with Gasteiger partial charge in [-0.3, -0.25) is 86.3 Å². The molecule has 0 aromatic heterocycles. The molecule has 113 heavy (non-hydrogen) atoms. The minimum atomic E-state index is -1.33. The van der Waals surface area contributed by atoms with Crippen molar-refractivity contribution in [2.24, 2.45) is 45.7 Å². The number of ether oxygens (including phenoxy) is 6. The normalized spacial score (nSPS) is 13.2. The van der Waals surface area contributed by atoms with Crippen LogP contribution in [0.3, 0.4) is 0 Å². The Labute approximate surface area is 654 Å². The van der Waals surface area contributed by atoms with Crippen molar-refractivity contribution in [3.05, 3.63) is 20.9 Å². The van der Waals surface area contributed by atoms with Gasteiger partial charge in [-0.05, 0) is 67.3 Å². The SMILES string of the molecule is CC(=O)N[C@@H](CC(=O)O)C(=O)C[C@@H](CC(C)C)C(=O)N[C@@H](CC(=O)O)C(=O)CCCOCCOCCN=[N+]=[N-].CC(=O)N[C@@H](CC(=O)O)C(=O)C[C@H](CC(C)C)C(=O)N[C@@H](CC(=O)O)C(=O)CCCOCCOCCN=[N+]=[N-].COCCOCCCC(=O)[C@H](CC(=O)O)NC(=O)[C@H](CC(=O)[C@H](CC(=O)O)NC(C)=O)CC(C)C. The van der Waals surface area contributed by atoms with Gasteiger partial charge in [-0.25, -0.2) is 0 Å². The minimum Gasteiger partial charge on any atom is -0.481 e. The smallest absolute Gasteiger partial charge is 0.305 e. The summed E-state index contributed by atoms with van der Waals surface area (Å²) >= 11 is 0. The van der Waals surface area contributed by atoms with Crippen LogP contribution in [0.15, 0.2) is 10.2 Å². The first-order valence-electron chi connectivity index (χ1n) is 36.7. The van der Waals surface area contributed by atoms with E-state index in [9.17, 15) is 102 Å². The summed E-state index contributed by atoms with van der Waals surface area (Å²) in [5.74, 6) is -18.1. The third-order valence-corrected chi connectivity index (χ3v) is 15.5. The second-order valence-corrected chi connectivity index (χ2v) is 27.2. The molecule has 0 aromatic rings. The van der Waals surface area contributed by atoms with Crippen molar-refractivity contribution >= 4 is 106 Å². The van der Waals surface area contributed by atoms with Crippen LogP contribution >= 0.6 is 0 Å². The summed E-state index contributed by atoms with van der Waals surface area (Å²) in [4.78, 5) is 222. The number of rotatable bonds is 66. The molecule has 0 saturated carbocycles. The standard InChI is InChI=1S/2C24H39N5O10.C23H38N2O10/c2*1-15(2)11-17(12-21(32)19(14-23(35)36)27-16(3)30)24(37)28-18(13-22(33)34)20(31)5-4-7-38-9-10-39-8-6-26-29-25;1-14(2)10-16(11-20(28)18(13-22(31)32)24-15(3)26)23(33)25-17(12-21(29)30)19(27)6-5-7-35-9-8-34-4/h2*15,17-19H,4-14H2,1-3H3,(H,27,30)(H,28,37)(H,33,34)(H,35,36);14,16-18H,5-13H2,1-4H3,(H,24,26)(H,25,33)(H,29,30)(H,31,32)/t17-,18+,19+;17-,18-,19-;16-,17-,18-/m100/s1. The van der Waals surface area contributed by atoms with Crippen LogP contribution in [0.1, 0.15) is 178 Å². The van der Waals surface area contributed by atoms with Gasteiger partial charge in [0.2, 0.25) is 35.4 Å². The average Bonchev–Trinajstić information content (AvgIpc) is 0.874. The predicted octanol–water partition coefficient (Wildman–Crippen LogP) is 3.04. The number of ketones is 6. The lowest BCUT2D eigenvalue weighted by Crippen LogP contribution is -2.47. The van der Waals surface area contributed by atoms with Crippen molar-refractivity contribution in [2.75, 3.05) is 92.9 Å². The van der Waals surface area contributed by atoms with Gasteiger partial charge in [0.05, 0.1) is 128 Å². The van der Waals surface area contributed by atoms with E-state index in [1.807, 2.05) is 13.8 Å². The molecule has 0 aromatic carbocycles. The maximum atomic E-state index is 13.0. The van der Waals surface area contributed by atoms with Crippen LogP contribution < -0.4 is 31.9 Å². The quantitative estimate of drug-likeness (QED) is 0.0180. The second-order valence-electron chi connectivity index (χ2n) is 27.2. The molecule has 0 spiro atoms. The number of azide groups is 2. The van der Waals surface area contributed by atoms with E-state index in [0.717, 1.165) is 20.8 Å². The fourth-order valence-electron chi connectivity index (χ4n) is 10.6. The number of carboxylic acids is 6. The summed E-state index contributed by atoms with van der Waals surface area (Å²) in [6.07, 6.45) is -3.64. The molecule has 0 radical (unpaired) electrons. The zero-order valence-corrected chi connectivity index (χ0v) is 66.0. The minimum absolute atomic E-state index is 0.0117. The van der Waals surface area contributed by atoms with Gasteiger partial charge < -0.3 is 91.0 Å². The molecule has 0 heterocycles. The molecule has 0 bridgehead atoms. The Bertz CT molecular complexity index is 2970. The molecule has 6 amide bonds. The molecule has 0 rings (SSSR count). The summed E-state index contributed by atoms with van der Waals surface area (Å²) in [6.45, 7) is 17.6. The molecule has 0 aliphatic rings. The zero-order chi connectivity index (χ0) is 86.6. The third-order valence-electron chi connectivity index (χ3n) is 15.5. The van der Waals surface area contributed by atoms with Crippen molar-refractivity contribution in [1.82, 2.24) is 31.9 Å². The summed E-state index contributed by atoms with van der Waals surface area (Å²) < 4.78 is 31.2. The van der Waals surface area contributed by atoms with Crippen molar-refractivity contribution in [2.45, 2.75) is 214 Å². The van der Waals surface area contributed by atoms with E-state index >= 15 is 0 Å². The molecule has 0 unspecified atom stereocenters. The number of nitrogens with zero attached hydrogens (tertiary/aromatic N) is 6. The number of carbonyl (C=O) groups is 18. The van der Waals surface area contributed by atoms with Crippen LogP contribution in [-0.2, 0) is 115 Å². The second kappa shape index (κ2) is 64.5. The van der Waals surface area contributed by atoms with Gasteiger partial charge in [-0.15, -0.1) is 0 Å². The summed E-state index contributed by atoms with van der Waals surface area (Å²) in [5, 5.41) is 75.7. The molecular formula is C71H116N12O30. The lowest BCUT2D eigenvalue weighted by atomic mass is 9.88. The van der Waals surface area contributed by atoms with E-state index in [1.165, 1.54) is 7.11 Å². The monoisotopic (exact) mass is 1620 g/mol. The van der Waals surface area contributed by atoms with Gasteiger partial charge in [0.25, 0.3) is 0 Å². The number of amides is 6. The van der Waals surface area contributed by atoms with Gasteiger partial charge in [0, 0.05) is 127 Å². The van der Waals surface area contributed by atoms with Crippen LogP contribution in [0.25, 0.3) is 20.9 Å². The van der Waals surface area contributed by atoms with Gasteiger partial charge >= 0.3 is 35.8 Å². The lowest BCUT2D eigenvalue weighted by Gasteiger charge is -2.24. The highest BCUT2D eigenvalue weighted by atomic mass is 16.5. The Balaban J connectivity index is -0.00000161. The Kier molecular flexibility index (Phi) is 61.2. The molecule has 0 aliphatic carbocycles. The number of Topliss-reactive ketones (excluding diaryl/α,β-unsaturated/α-hetero) is 6. The number of nitrogens with one attached hydrogen (secondary N) is 6. The highest BCUT2D eigenvalue weighted by Crippen LogP contribution is 2.23. The van der Waals surface area contributed by atoms with E-state index in [1.54, 1.807) is 27.7 Å². The maximum Gasteiger partial charge on any atom is 0.305 e. The molecular weight excluding hydrogens is 1500 g/mol. The third kappa shape index (κ3) is 60.4. The Hall–Kier alpha value is -9.96. The first-order chi connectivity index (χ1) is 53.1. The first-order valence-corrected chi connectivity index (χ1v) is 36.7. The average molecular weight is 1620 g/mol. The van der Waals surface area contributed by atoms with Gasteiger partial charge in [-0.2, -0.15) is 0 Å². The molecule has 640 valence electrons. The van der Waals surface area contributed by atoms with Crippen LogP contribution in [0, 0.1) is 35.5 Å². The predicted molar refractivity (Wildman–Crippen MR) is 397 cm³/mol.